The molecule has 0 saturated carbocycles. The first-order chi connectivity index (χ1) is 12.3. The predicted octanol–water partition coefficient (Wildman–Crippen LogP) is 2.81. The van der Waals surface area contributed by atoms with Crippen molar-refractivity contribution in [2.75, 3.05) is 13.2 Å². The fourth-order valence-electron chi connectivity index (χ4n) is 3.70. The van der Waals surface area contributed by atoms with Crippen LogP contribution in [0.5, 0.6) is 0 Å². The lowest BCUT2D eigenvalue weighted by atomic mass is 9.92. The molecule has 1 N–H and O–H groups in total. The van der Waals surface area contributed by atoms with Gasteiger partial charge in [-0.3, -0.25) is 4.68 Å². The molecule has 1 saturated heterocycles. The first-order valence-corrected chi connectivity index (χ1v) is 9.10. The zero-order chi connectivity index (χ0) is 17.1. The minimum absolute atomic E-state index is 0.139. The Labute approximate surface area is 147 Å². The predicted molar refractivity (Wildman–Crippen MR) is 96.2 cm³/mol. The van der Waals surface area contributed by atoms with Crippen LogP contribution < -0.4 is 5.32 Å². The minimum Gasteiger partial charge on any atom is -0.372 e. The van der Waals surface area contributed by atoms with E-state index in [-0.39, 0.29) is 6.10 Å². The maximum Gasteiger partial charge on any atom is 0.103 e. The number of pyridine rings is 1. The molecule has 0 amide bonds. The molecule has 1 aliphatic rings. The van der Waals surface area contributed by atoms with Crippen molar-refractivity contribution in [3.63, 3.8) is 0 Å². The minimum atomic E-state index is 0.139. The Morgan fingerprint density at radius 1 is 1.32 bits per heavy atom. The van der Waals surface area contributed by atoms with Gasteiger partial charge in [-0.1, -0.05) is 6.07 Å². The average molecular weight is 339 g/mol. The molecule has 6 nitrogen and oxygen atoms in total. The van der Waals surface area contributed by atoms with Gasteiger partial charge in [0.25, 0.3) is 0 Å². The Bertz CT molecular complexity index is 824. The van der Waals surface area contributed by atoms with Gasteiger partial charge in [-0.2, -0.15) is 5.10 Å². The number of rotatable bonds is 6. The van der Waals surface area contributed by atoms with E-state index in [0.717, 1.165) is 38.2 Å². The maximum absolute atomic E-state index is 6.11. The number of hydrogen-bond donors (Lipinski definition) is 1. The molecule has 0 radical (unpaired) electrons. The van der Waals surface area contributed by atoms with Gasteiger partial charge in [-0.15, -0.1) is 0 Å². The SMILES string of the molecule is CCn1nccc1[C@@H]1OCCC[C@H]1CNCc1ccc2cncn2c1. The number of nitrogens with zero attached hydrogens (tertiary/aromatic N) is 4. The van der Waals surface area contributed by atoms with Crippen molar-refractivity contribution in [1.29, 1.82) is 0 Å². The molecule has 0 unspecified atom stereocenters. The van der Waals surface area contributed by atoms with Gasteiger partial charge >= 0.3 is 0 Å². The third-order valence-electron chi connectivity index (χ3n) is 4.99. The summed E-state index contributed by atoms with van der Waals surface area (Å²) < 4.78 is 10.2. The van der Waals surface area contributed by atoms with Gasteiger partial charge in [0.15, 0.2) is 0 Å². The van der Waals surface area contributed by atoms with Gasteiger partial charge in [-0.25, -0.2) is 4.98 Å². The van der Waals surface area contributed by atoms with Crippen molar-refractivity contribution in [2.24, 2.45) is 5.92 Å². The molecule has 6 heteroatoms. The quantitative estimate of drug-likeness (QED) is 0.750. The highest BCUT2D eigenvalue weighted by Gasteiger charge is 2.29. The first-order valence-electron chi connectivity index (χ1n) is 9.10. The summed E-state index contributed by atoms with van der Waals surface area (Å²) in [4.78, 5) is 4.17. The second-order valence-electron chi connectivity index (χ2n) is 6.66. The summed E-state index contributed by atoms with van der Waals surface area (Å²) in [6.07, 6.45) is 10.2. The Hall–Kier alpha value is -2.18. The van der Waals surface area contributed by atoms with E-state index in [0.29, 0.717) is 5.92 Å². The van der Waals surface area contributed by atoms with Crippen molar-refractivity contribution in [1.82, 2.24) is 24.5 Å². The highest BCUT2D eigenvalue weighted by molar-refractivity contribution is 5.45. The van der Waals surface area contributed by atoms with Crippen molar-refractivity contribution < 1.29 is 4.74 Å². The van der Waals surface area contributed by atoms with Crippen LogP contribution in [-0.4, -0.2) is 32.3 Å². The molecule has 1 fully saturated rings. The molecule has 4 heterocycles. The van der Waals surface area contributed by atoms with Crippen molar-refractivity contribution in [3.8, 4) is 0 Å². The lowest BCUT2D eigenvalue weighted by Crippen LogP contribution is -2.33. The number of aromatic nitrogens is 4. The van der Waals surface area contributed by atoms with Crippen molar-refractivity contribution >= 4 is 5.52 Å². The fourth-order valence-corrected chi connectivity index (χ4v) is 3.70. The molecule has 3 aromatic heterocycles. The molecule has 25 heavy (non-hydrogen) atoms. The largest absolute Gasteiger partial charge is 0.372 e. The zero-order valence-electron chi connectivity index (χ0n) is 14.6. The number of nitrogens with one attached hydrogen (secondary N) is 1. The lowest BCUT2D eigenvalue weighted by Gasteiger charge is -2.32. The maximum atomic E-state index is 6.11. The molecule has 0 bridgehead atoms. The summed E-state index contributed by atoms with van der Waals surface area (Å²) in [7, 11) is 0. The van der Waals surface area contributed by atoms with Crippen LogP contribution in [0.2, 0.25) is 0 Å². The summed E-state index contributed by atoms with van der Waals surface area (Å²) in [6.45, 7) is 5.64. The van der Waals surface area contributed by atoms with E-state index in [4.69, 9.17) is 4.74 Å². The van der Waals surface area contributed by atoms with Crippen LogP contribution in [0.25, 0.3) is 5.52 Å². The highest BCUT2D eigenvalue weighted by atomic mass is 16.5. The Balaban J connectivity index is 1.40. The number of imidazole rings is 1. The second-order valence-corrected chi connectivity index (χ2v) is 6.66. The first kappa shape index (κ1) is 16.3. The molecule has 132 valence electrons. The molecule has 1 aliphatic heterocycles. The Morgan fingerprint density at radius 3 is 3.20 bits per heavy atom. The van der Waals surface area contributed by atoms with E-state index in [9.17, 15) is 0 Å². The molecule has 0 aromatic carbocycles. The van der Waals surface area contributed by atoms with Crippen LogP contribution >= 0.6 is 0 Å². The number of fused-ring (bicyclic) bond motifs is 1. The van der Waals surface area contributed by atoms with Gasteiger partial charge in [0, 0.05) is 44.6 Å². The molecule has 0 aliphatic carbocycles. The van der Waals surface area contributed by atoms with Gasteiger partial charge in [0.05, 0.1) is 23.7 Å². The van der Waals surface area contributed by atoms with Gasteiger partial charge in [-0.05, 0) is 37.5 Å². The standard InChI is InChI=1S/C19H25N5O/c1-2-24-18(7-8-22-24)19-16(4-3-9-25-19)11-20-10-15-5-6-17-12-21-14-23(17)13-15/h5-8,12-14,16,19-20H,2-4,9-11H2,1H3/t16-,19+/m0/s1. The molecule has 2 atom stereocenters. The molecule has 3 aromatic rings. The van der Waals surface area contributed by atoms with Gasteiger partial charge < -0.3 is 14.5 Å². The number of hydrogen-bond acceptors (Lipinski definition) is 4. The monoisotopic (exact) mass is 339 g/mol. The van der Waals surface area contributed by atoms with Crippen molar-refractivity contribution in [2.45, 2.75) is 39.0 Å². The zero-order valence-corrected chi connectivity index (χ0v) is 14.6. The summed E-state index contributed by atoms with van der Waals surface area (Å²) in [5, 5.41) is 8.02. The van der Waals surface area contributed by atoms with Crippen LogP contribution in [-0.2, 0) is 17.8 Å². The van der Waals surface area contributed by atoms with Crippen molar-refractivity contribution in [3.05, 3.63) is 54.4 Å². The third kappa shape index (κ3) is 3.45. The third-order valence-corrected chi connectivity index (χ3v) is 4.99. The Morgan fingerprint density at radius 2 is 2.28 bits per heavy atom. The smallest absolute Gasteiger partial charge is 0.103 e. The van der Waals surface area contributed by atoms with Crippen LogP contribution in [0.4, 0.5) is 0 Å². The van der Waals surface area contributed by atoms with Crippen LogP contribution in [0.3, 0.4) is 0 Å². The van der Waals surface area contributed by atoms with Crippen LogP contribution in [0.15, 0.2) is 43.1 Å². The van der Waals surface area contributed by atoms with E-state index in [2.05, 4.69) is 55.8 Å². The summed E-state index contributed by atoms with van der Waals surface area (Å²) >= 11 is 0. The molecular weight excluding hydrogens is 314 g/mol. The Kier molecular flexibility index (Phi) is 4.81. The lowest BCUT2D eigenvalue weighted by molar-refractivity contribution is -0.0327. The van der Waals surface area contributed by atoms with E-state index < -0.39 is 0 Å². The van der Waals surface area contributed by atoms with E-state index in [1.807, 2.05) is 18.7 Å². The normalized spacial score (nSPS) is 21.0. The fraction of sp³-hybridized carbons (Fsp3) is 0.474. The second kappa shape index (κ2) is 7.37. The topological polar surface area (TPSA) is 56.4 Å². The van der Waals surface area contributed by atoms with E-state index in [1.54, 1.807) is 0 Å². The molecular formula is C19H25N5O. The summed E-state index contributed by atoms with van der Waals surface area (Å²) in [6, 6.07) is 6.36. The molecule has 4 rings (SSSR count). The van der Waals surface area contributed by atoms with Gasteiger partial charge in [0.1, 0.15) is 6.10 Å². The average Bonchev–Trinajstić information content (AvgIpc) is 3.30. The number of aryl methyl sites for hydroxylation is 1. The summed E-state index contributed by atoms with van der Waals surface area (Å²) in [5.74, 6) is 0.479. The van der Waals surface area contributed by atoms with E-state index >= 15 is 0 Å². The van der Waals surface area contributed by atoms with E-state index in [1.165, 1.54) is 17.7 Å². The highest BCUT2D eigenvalue weighted by Crippen LogP contribution is 2.33. The molecule has 0 spiro atoms. The van der Waals surface area contributed by atoms with Crippen LogP contribution in [0, 0.1) is 5.92 Å². The summed E-state index contributed by atoms with van der Waals surface area (Å²) in [5.41, 5.74) is 3.59. The van der Waals surface area contributed by atoms with Gasteiger partial charge in [0.2, 0.25) is 0 Å². The number of ether oxygens (including phenoxy) is 1. The van der Waals surface area contributed by atoms with Crippen LogP contribution in [0.1, 0.15) is 37.1 Å².